The van der Waals surface area contributed by atoms with Gasteiger partial charge in [-0.05, 0) is 49.7 Å². The van der Waals surface area contributed by atoms with Crippen LogP contribution in [0.2, 0.25) is 0 Å². The van der Waals surface area contributed by atoms with Crippen LogP contribution in [0, 0.1) is 0 Å². The monoisotopic (exact) mass is 430 g/mol. The average molecular weight is 431 g/mol. The molecule has 4 aliphatic heterocycles. The molecular weight excluding hydrogens is 396 g/mol. The Morgan fingerprint density at radius 3 is 2.65 bits per heavy atom. The van der Waals surface area contributed by atoms with Crippen LogP contribution < -0.4 is 10.1 Å². The molecule has 31 heavy (non-hydrogen) atoms. The second-order valence-electron chi connectivity index (χ2n) is 9.13. The van der Waals surface area contributed by atoms with E-state index in [9.17, 15) is 4.79 Å². The first-order valence-corrected chi connectivity index (χ1v) is 11.8. The minimum absolute atomic E-state index is 0.0618. The normalized spacial score (nSPS) is 34.4. The van der Waals surface area contributed by atoms with E-state index in [1.807, 2.05) is 0 Å². The minimum atomic E-state index is -0.506. The van der Waals surface area contributed by atoms with Crippen LogP contribution >= 0.6 is 0 Å². The number of carbonyl (C=O) groups is 1. The van der Waals surface area contributed by atoms with Crippen molar-refractivity contribution in [2.45, 2.75) is 62.3 Å². The van der Waals surface area contributed by atoms with Gasteiger partial charge < -0.3 is 24.3 Å². The molecule has 1 amide bonds. The fourth-order valence-corrected chi connectivity index (χ4v) is 5.50. The van der Waals surface area contributed by atoms with E-state index in [1.165, 1.54) is 5.56 Å². The van der Waals surface area contributed by atoms with Crippen molar-refractivity contribution in [2.75, 3.05) is 46.1 Å². The summed E-state index contributed by atoms with van der Waals surface area (Å²) in [6.45, 7) is 4.41. The number of amides is 1. The van der Waals surface area contributed by atoms with E-state index in [2.05, 4.69) is 34.5 Å². The molecule has 0 unspecified atom stereocenters. The van der Waals surface area contributed by atoms with Gasteiger partial charge in [-0.15, -0.1) is 0 Å². The third-order valence-corrected chi connectivity index (χ3v) is 7.27. The fraction of sp³-hybridized carbons (Fsp3) is 0.708. The summed E-state index contributed by atoms with van der Waals surface area (Å²) in [5.74, 6) is 1.52. The first kappa shape index (κ1) is 21.2. The predicted molar refractivity (Wildman–Crippen MR) is 115 cm³/mol. The molecule has 1 saturated carbocycles. The SMILES string of the molecule is O=C(N[C@H]1CCN2CCOc3ccccc3C3CCC(CC3)OC[C@@H]12)[C@H]1COCCO1. The highest BCUT2D eigenvalue weighted by atomic mass is 16.6. The molecule has 0 aromatic heterocycles. The summed E-state index contributed by atoms with van der Waals surface area (Å²) < 4.78 is 23.7. The predicted octanol–water partition coefficient (Wildman–Crippen LogP) is 2.10. The molecule has 4 heterocycles. The summed E-state index contributed by atoms with van der Waals surface area (Å²) in [4.78, 5) is 15.1. The van der Waals surface area contributed by atoms with Crippen LogP contribution in [0.4, 0.5) is 0 Å². The zero-order valence-electron chi connectivity index (χ0n) is 18.2. The largest absolute Gasteiger partial charge is 0.492 e. The molecule has 0 spiro atoms. The van der Waals surface area contributed by atoms with Crippen molar-refractivity contribution in [3.8, 4) is 5.75 Å². The van der Waals surface area contributed by atoms with Gasteiger partial charge in [-0.1, -0.05) is 18.2 Å². The lowest BCUT2D eigenvalue weighted by molar-refractivity contribution is -0.148. The summed E-state index contributed by atoms with van der Waals surface area (Å²) in [5, 5.41) is 3.22. The molecule has 0 radical (unpaired) electrons. The van der Waals surface area contributed by atoms with E-state index < -0.39 is 6.10 Å². The summed E-state index contributed by atoms with van der Waals surface area (Å²) in [6.07, 6.45) is 5.15. The molecule has 7 nitrogen and oxygen atoms in total. The van der Waals surface area contributed by atoms with Gasteiger partial charge in [0.15, 0.2) is 6.10 Å². The van der Waals surface area contributed by atoms with Gasteiger partial charge in [-0.2, -0.15) is 0 Å². The molecule has 1 N–H and O–H groups in total. The van der Waals surface area contributed by atoms with Crippen molar-refractivity contribution in [2.24, 2.45) is 0 Å². The molecule has 1 aliphatic carbocycles. The van der Waals surface area contributed by atoms with Gasteiger partial charge in [-0.3, -0.25) is 9.69 Å². The molecule has 2 bridgehead atoms. The molecule has 170 valence electrons. The van der Waals surface area contributed by atoms with Crippen LogP contribution in [0.15, 0.2) is 24.3 Å². The van der Waals surface area contributed by atoms with Gasteiger partial charge in [0.1, 0.15) is 12.4 Å². The number of carbonyl (C=O) groups excluding carboxylic acids is 1. The topological polar surface area (TPSA) is 69.3 Å². The Morgan fingerprint density at radius 1 is 0.935 bits per heavy atom. The smallest absolute Gasteiger partial charge is 0.251 e. The highest BCUT2D eigenvalue weighted by molar-refractivity contribution is 5.81. The second-order valence-corrected chi connectivity index (χ2v) is 9.13. The number of benzene rings is 1. The summed E-state index contributed by atoms with van der Waals surface area (Å²) in [6, 6.07) is 8.73. The molecule has 3 fully saturated rings. The maximum absolute atomic E-state index is 12.7. The zero-order chi connectivity index (χ0) is 21.0. The lowest BCUT2D eigenvalue weighted by atomic mass is 9.82. The number of ether oxygens (including phenoxy) is 4. The van der Waals surface area contributed by atoms with Crippen LogP contribution in [0.1, 0.15) is 43.6 Å². The van der Waals surface area contributed by atoms with Gasteiger partial charge in [0.25, 0.3) is 5.91 Å². The van der Waals surface area contributed by atoms with Gasteiger partial charge in [0, 0.05) is 19.1 Å². The number of fused-ring (bicyclic) bond motifs is 5. The first-order chi connectivity index (χ1) is 15.3. The number of nitrogens with zero attached hydrogens (tertiary/aromatic N) is 1. The molecule has 5 aliphatic rings. The molecule has 7 heteroatoms. The maximum atomic E-state index is 12.7. The van der Waals surface area contributed by atoms with Gasteiger partial charge in [-0.25, -0.2) is 0 Å². The Bertz CT molecular complexity index is 745. The Hall–Kier alpha value is -1.67. The zero-order valence-corrected chi connectivity index (χ0v) is 18.2. The minimum Gasteiger partial charge on any atom is -0.492 e. The standard InChI is InChI=1S/C24H34N2O5/c27-24(23-16-28-13-14-30-23)25-20-9-10-26-11-12-29-22-4-2-1-3-19(22)17-5-7-18(8-6-17)31-15-21(20)26/h1-4,17-18,20-21,23H,5-16H2,(H,25,27)/t17?,18?,20-,21-,23+/m0/s1. The Labute approximate surface area is 184 Å². The number of hydrogen-bond donors (Lipinski definition) is 1. The molecule has 2 saturated heterocycles. The van der Waals surface area contributed by atoms with Gasteiger partial charge in [0.2, 0.25) is 0 Å². The third-order valence-electron chi connectivity index (χ3n) is 7.27. The van der Waals surface area contributed by atoms with E-state index >= 15 is 0 Å². The average Bonchev–Trinajstić information content (AvgIpc) is 3.20. The Morgan fingerprint density at radius 2 is 1.81 bits per heavy atom. The van der Waals surface area contributed by atoms with Crippen LogP contribution in [0.5, 0.6) is 5.75 Å². The van der Waals surface area contributed by atoms with Crippen molar-refractivity contribution in [1.82, 2.24) is 10.2 Å². The van der Waals surface area contributed by atoms with Crippen LogP contribution in [-0.4, -0.2) is 81.2 Å². The summed E-state index contributed by atoms with van der Waals surface area (Å²) >= 11 is 0. The number of para-hydroxylation sites is 1. The molecule has 3 atom stereocenters. The van der Waals surface area contributed by atoms with Gasteiger partial charge in [0.05, 0.1) is 38.6 Å². The van der Waals surface area contributed by atoms with E-state index in [4.69, 9.17) is 18.9 Å². The molecular formula is C24H34N2O5. The van der Waals surface area contributed by atoms with Crippen molar-refractivity contribution in [3.63, 3.8) is 0 Å². The third kappa shape index (κ3) is 4.90. The Balaban J connectivity index is 1.28. The number of rotatable bonds is 2. The van der Waals surface area contributed by atoms with Crippen molar-refractivity contribution >= 4 is 5.91 Å². The Kier molecular flexibility index (Phi) is 6.74. The fourth-order valence-electron chi connectivity index (χ4n) is 5.50. The van der Waals surface area contributed by atoms with Crippen LogP contribution in [0.3, 0.4) is 0 Å². The lowest BCUT2D eigenvalue weighted by Gasteiger charge is -2.33. The van der Waals surface area contributed by atoms with E-state index in [1.54, 1.807) is 0 Å². The number of nitrogens with one attached hydrogen (secondary N) is 1. The second kappa shape index (κ2) is 9.86. The molecule has 1 aromatic carbocycles. The van der Waals surface area contributed by atoms with Crippen molar-refractivity contribution in [1.29, 1.82) is 0 Å². The van der Waals surface area contributed by atoms with Gasteiger partial charge >= 0.3 is 0 Å². The lowest BCUT2D eigenvalue weighted by Crippen LogP contribution is -2.52. The van der Waals surface area contributed by atoms with E-state index in [0.29, 0.717) is 45.1 Å². The number of hydrogen-bond acceptors (Lipinski definition) is 6. The van der Waals surface area contributed by atoms with E-state index in [0.717, 1.165) is 50.9 Å². The van der Waals surface area contributed by atoms with E-state index in [-0.39, 0.29) is 18.0 Å². The quantitative estimate of drug-likeness (QED) is 0.775. The summed E-state index contributed by atoms with van der Waals surface area (Å²) in [7, 11) is 0. The summed E-state index contributed by atoms with van der Waals surface area (Å²) in [5.41, 5.74) is 1.35. The highest BCUT2D eigenvalue weighted by Gasteiger charge is 2.38. The van der Waals surface area contributed by atoms with Crippen LogP contribution in [0.25, 0.3) is 0 Å². The van der Waals surface area contributed by atoms with Crippen LogP contribution in [-0.2, 0) is 19.0 Å². The van der Waals surface area contributed by atoms with Crippen molar-refractivity contribution in [3.05, 3.63) is 29.8 Å². The highest BCUT2D eigenvalue weighted by Crippen LogP contribution is 2.38. The molecule has 1 aromatic rings. The first-order valence-electron chi connectivity index (χ1n) is 11.8. The molecule has 6 rings (SSSR count). The van der Waals surface area contributed by atoms with Crippen molar-refractivity contribution < 1.29 is 23.7 Å². The maximum Gasteiger partial charge on any atom is 0.251 e.